The summed E-state index contributed by atoms with van der Waals surface area (Å²) in [5.41, 5.74) is 13.9. The van der Waals surface area contributed by atoms with Crippen LogP contribution in [0.15, 0.2) is 78.9 Å². The molecule has 0 aliphatic carbocycles. The van der Waals surface area contributed by atoms with Crippen LogP contribution in [-0.2, 0) is 5.41 Å². The normalized spacial score (nSPS) is 13.5. The molecule has 0 fully saturated rings. The summed E-state index contributed by atoms with van der Waals surface area (Å²) in [4.78, 5) is 17.4. The smallest absolute Gasteiger partial charge is 0.169 e. The molecule has 0 radical (unpaired) electrons. The van der Waals surface area contributed by atoms with E-state index in [0.717, 1.165) is 56.3 Å². The molecule has 7 rings (SSSR count). The molecule has 0 N–H and O–H groups in total. The minimum atomic E-state index is -0.153. The number of hydrogen-bond donors (Lipinski definition) is 0. The monoisotopic (exact) mass is 574 g/mol. The maximum absolute atomic E-state index is 9.54. The number of fused-ring (bicyclic) bond motifs is 3. The highest BCUT2D eigenvalue weighted by Crippen LogP contribution is 2.53. The van der Waals surface area contributed by atoms with Crippen molar-refractivity contribution in [3.8, 4) is 23.0 Å². The number of hydrogen-bond acceptors (Lipinski definition) is 5. The molecule has 216 valence electrons. The first-order chi connectivity index (χ1) is 21.1. The van der Waals surface area contributed by atoms with Crippen LogP contribution >= 0.6 is 0 Å². The van der Waals surface area contributed by atoms with E-state index in [-0.39, 0.29) is 5.41 Å². The van der Waals surface area contributed by atoms with Gasteiger partial charge in [-0.2, -0.15) is 5.26 Å². The van der Waals surface area contributed by atoms with E-state index in [4.69, 9.17) is 15.0 Å². The lowest BCUT2D eigenvalue weighted by molar-refractivity contribution is 0.631. The summed E-state index contributed by atoms with van der Waals surface area (Å²) in [5.74, 6) is 1.50. The zero-order valence-electron chi connectivity index (χ0n) is 26.2. The van der Waals surface area contributed by atoms with Crippen LogP contribution in [0, 0.1) is 45.9 Å². The van der Waals surface area contributed by atoms with Crippen molar-refractivity contribution in [2.24, 2.45) is 0 Å². The summed E-state index contributed by atoms with van der Waals surface area (Å²) < 4.78 is 2.18. The Bertz CT molecular complexity index is 2110. The van der Waals surface area contributed by atoms with Crippen molar-refractivity contribution in [3.63, 3.8) is 0 Å². The van der Waals surface area contributed by atoms with Gasteiger partial charge in [0.05, 0.1) is 34.4 Å². The SMILES string of the molecule is Cc1nc(-c2c(C)cc(C#N)cc2C)c2nc(C)n(-c3cccc(C)c3N3c4ccccc4C(C)(C)c4ccccc43)c2n1. The molecule has 0 unspecified atom stereocenters. The number of aryl methyl sites for hydroxylation is 5. The molecule has 0 bridgehead atoms. The Labute approximate surface area is 258 Å². The lowest BCUT2D eigenvalue weighted by Crippen LogP contribution is -2.31. The van der Waals surface area contributed by atoms with Gasteiger partial charge in [-0.3, -0.25) is 4.57 Å². The highest BCUT2D eigenvalue weighted by atomic mass is 15.2. The van der Waals surface area contributed by atoms with Crippen LogP contribution in [0.4, 0.5) is 17.1 Å². The molecule has 1 aliphatic rings. The fraction of sp³-hybridized carbons (Fsp3) is 0.211. The minimum Gasteiger partial charge on any atom is -0.308 e. The Balaban J connectivity index is 1.53. The van der Waals surface area contributed by atoms with Crippen LogP contribution in [0.3, 0.4) is 0 Å². The largest absolute Gasteiger partial charge is 0.308 e. The van der Waals surface area contributed by atoms with E-state index in [1.165, 1.54) is 22.5 Å². The summed E-state index contributed by atoms with van der Waals surface area (Å²) in [6.45, 7) is 14.8. The summed E-state index contributed by atoms with van der Waals surface area (Å²) in [5, 5.41) is 9.54. The Morgan fingerprint density at radius 3 is 1.89 bits per heavy atom. The molecule has 4 aromatic carbocycles. The van der Waals surface area contributed by atoms with Crippen molar-refractivity contribution in [1.82, 2.24) is 19.5 Å². The maximum Gasteiger partial charge on any atom is 0.169 e. The van der Waals surface area contributed by atoms with Crippen LogP contribution in [0.1, 0.15) is 58.9 Å². The second kappa shape index (κ2) is 9.89. The maximum atomic E-state index is 9.54. The number of imidazole rings is 1. The molecule has 6 nitrogen and oxygen atoms in total. The van der Waals surface area contributed by atoms with Crippen LogP contribution in [0.2, 0.25) is 0 Å². The van der Waals surface area contributed by atoms with Crippen LogP contribution in [0.5, 0.6) is 0 Å². The van der Waals surface area contributed by atoms with Crippen molar-refractivity contribution in [3.05, 3.63) is 124 Å². The number of rotatable bonds is 3. The second-order valence-electron chi connectivity index (χ2n) is 12.3. The third-order valence-electron chi connectivity index (χ3n) is 9.00. The number of benzene rings is 4. The Kier molecular flexibility index (Phi) is 6.19. The third kappa shape index (κ3) is 3.96. The molecule has 3 heterocycles. The molecule has 6 heteroatoms. The van der Waals surface area contributed by atoms with Gasteiger partial charge >= 0.3 is 0 Å². The highest BCUT2D eigenvalue weighted by molar-refractivity contribution is 5.94. The van der Waals surface area contributed by atoms with Gasteiger partial charge in [0.1, 0.15) is 22.9 Å². The van der Waals surface area contributed by atoms with Gasteiger partial charge in [-0.05, 0) is 92.8 Å². The topological polar surface area (TPSA) is 70.6 Å². The Hall–Kier alpha value is -5.28. The molecular formula is C38H34N6. The summed E-state index contributed by atoms with van der Waals surface area (Å²) >= 11 is 0. The van der Waals surface area contributed by atoms with Crippen molar-refractivity contribution in [2.75, 3.05) is 4.90 Å². The average Bonchev–Trinajstić information content (AvgIpc) is 3.33. The van der Waals surface area contributed by atoms with Crippen LogP contribution in [0.25, 0.3) is 28.1 Å². The fourth-order valence-electron chi connectivity index (χ4n) is 7.06. The van der Waals surface area contributed by atoms with Gasteiger partial charge in [-0.15, -0.1) is 0 Å². The van der Waals surface area contributed by atoms with Crippen LogP contribution in [-0.4, -0.2) is 19.5 Å². The van der Waals surface area contributed by atoms with E-state index in [9.17, 15) is 5.26 Å². The minimum absolute atomic E-state index is 0.153. The van der Waals surface area contributed by atoms with E-state index in [0.29, 0.717) is 11.4 Å². The zero-order valence-corrected chi connectivity index (χ0v) is 26.2. The Morgan fingerprint density at radius 1 is 0.682 bits per heavy atom. The van der Waals surface area contributed by atoms with Crippen molar-refractivity contribution < 1.29 is 0 Å². The van der Waals surface area contributed by atoms with Gasteiger partial charge in [0, 0.05) is 11.0 Å². The van der Waals surface area contributed by atoms with E-state index in [2.05, 4.69) is 103 Å². The molecule has 44 heavy (non-hydrogen) atoms. The average molecular weight is 575 g/mol. The summed E-state index contributed by atoms with van der Waals surface area (Å²) in [6.07, 6.45) is 0. The molecule has 0 saturated heterocycles. The predicted octanol–water partition coefficient (Wildman–Crippen LogP) is 9.01. The number of nitriles is 1. The molecular weight excluding hydrogens is 540 g/mol. The van der Waals surface area contributed by atoms with Gasteiger partial charge in [0.25, 0.3) is 0 Å². The Morgan fingerprint density at radius 2 is 1.27 bits per heavy atom. The highest BCUT2D eigenvalue weighted by Gasteiger charge is 2.38. The molecule has 6 aromatic rings. The lowest BCUT2D eigenvalue weighted by Gasteiger charge is -2.43. The number of aromatic nitrogens is 4. The molecule has 0 saturated carbocycles. The first-order valence-corrected chi connectivity index (χ1v) is 15.0. The van der Waals surface area contributed by atoms with E-state index < -0.39 is 0 Å². The van der Waals surface area contributed by atoms with Gasteiger partial charge in [-0.1, -0.05) is 62.4 Å². The number of nitrogens with zero attached hydrogens (tertiary/aromatic N) is 6. The van der Waals surface area contributed by atoms with E-state index >= 15 is 0 Å². The van der Waals surface area contributed by atoms with E-state index in [1.807, 2.05) is 39.8 Å². The number of para-hydroxylation sites is 3. The zero-order chi connectivity index (χ0) is 30.9. The predicted molar refractivity (Wildman–Crippen MR) is 177 cm³/mol. The van der Waals surface area contributed by atoms with Crippen molar-refractivity contribution in [2.45, 2.75) is 53.9 Å². The lowest BCUT2D eigenvalue weighted by atomic mass is 9.73. The summed E-state index contributed by atoms with van der Waals surface area (Å²) in [6, 6.07) is 30.0. The quantitative estimate of drug-likeness (QED) is 0.211. The van der Waals surface area contributed by atoms with Gasteiger partial charge in [0.15, 0.2) is 5.65 Å². The number of anilines is 3. The van der Waals surface area contributed by atoms with Crippen molar-refractivity contribution in [1.29, 1.82) is 5.26 Å². The second-order valence-corrected chi connectivity index (χ2v) is 12.3. The molecule has 0 amide bonds. The fourth-order valence-corrected chi connectivity index (χ4v) is 7.06. The van der Waals surface area contributed by atoms with E-state index in [1.54, 1.807) is 0 Å². The third-order valence-corrected chi connectivity index (χ3v) is 9.00. The van der Waals surface area contributed by atoms with Crippen molar-refractivity contribution >= 4 is 28.2 Å². The van der Waals surface area contributed by atoms with Gasteiger partial charge in [0.2, 0.25) is 0 Å². The summed E-state index contributed by atoms with van der Waals surface area (Å²) in [7, 11) is 0. The van der Waals surface area contributed by atoms with Gasteiger partial charge < -0.3 is 4.90 Å². The first kappa shape index (κ1) is 27.5. The standard InChI is InChI=1S/C38H34N6/c1-22-13-12-18-32(36(22)44-30-16-10-8-14-28(30)38(6,7)29-15-9-11-17-31(29)44)43-26(5)42-35-34(40-25(4)41-37(35)43)33-23(2)19-27(21-39)20-24(33)3/h8-20H,1-7H3. The first-order valence-electron chi connectivity index (χ1n) is 15.0. The van der Waals surface area contributed by atoms with Crippen LogP contribution < -0.4 is 4.90 Å². The molecule has 2 aromatic heterocycles. The molecule has 0 spiro atoms. The van der Waals surface area contributed by atoms with Gasteiger partial charge in [-0.25, -0.2) is 15.0 Å². The molecule has 1 aliphatic heterocycles. The molecule has 0 atom stereocenters.